The maximum Gasteiger partial charge on any atom is 0.237 e. The summed E-state index contributed by atoms with van der Waals surface area (Å²) in [6, 6.07) is 12.5. The highest BCUT2D eigenvalue weighted by Crippen LogP contribution is 2.21. The molecule has 1 amide bonds. The first-order chi connectivity index (χ1) is 12.7. The van der Waals surface area contributed by atoms with Crippen molar-refractivity contribution in [3.8, 4) is 6.07 Å². The fourth-order valence-corrected chi connectivity index (χ4v) is 3.96. The lowest BCUT2D eigenvalue weighted by Crippen LogP contribution is -2.42. The maximum atomic E-state index is 12.5. The van der Waals surface area contributed by atoms with Crippen molar-refractivity contribution < 1.29 is 4.79 Å². The third kappa shape index (κ3) is 3.49. The number of nitrogens with zero attached hydrogens (tertiary/aromatic N) is 4. The van der Waals surface area contributed by atoms with Crippen LogP contribution in [0.25, 0.3) is 10.9 Å². The van der Waals surface area contributed by atoms with E-state index in [-0.39, 0.29) is 11.9 Å². The Morgan fingerprint density at radius 3 is 3.08 bits per heavy atom. The van der Waals surface area contributed by atoms with Crippen LogP contribution in [-0.2, 0) is 4.79 Å². The van der Waals surface area contributed by atoms with Gasteiger partial charge in [0.1, 0.15) is 6.04 Å². The number of hydrogen-bond acceptors (Lipinski definition) is 5. The Balaban J connectivity index is 1.33. The second kappa shape index (κ2) is 7.30. The number of nitrogens with one attached hydrogen (secondary N) is 1. The summed E-state index contributed by atoms with van der Waals surface area (Å²) in [7, 11) is 0. The fourth-order valence-electron chi connectivity index (χ4n) is 3.96. The topological polar surface area (TPSA) is 72.3 Å². The van der Waals surface area contributed by atoms with Gasteiger partial charge in [-0.1, -0.05) is 18.2 Å². The molecule has 0 saturated carbocycles. The Hall–Kier alpha value is -2.65. The zero-order valence-corrected chi connectivity index (χ0v) is 14.8. The van der Waals surface area contributed by atoms with Crippen LogP contribution < -0.4 is 5.32 Å². The second-order valence-corrected chi connectivity index (χ2v) is 7.16. The predicted octanol–water partition coefficient (Wildman–Crippen LogP) is 2.24. The van der Waals surface area contributed by atoms with Gasteiger partial charge in [0.05, 0.1) is 30.0 Å². The number of para-hydroxylation sites is 1. The van der Waals surface area contributed by atoms with Gasteiger partial charge in [0.2, 0.25) is 5.91 Å². The van der Waals surface area contributed by atoms with Crippen molar-refractivity contribution in [3.05, 3.63) is 36.5 Å². The quantitative estimate of drug-likeness (QED) is 0.916. The molecule has 3 heterocycles. The van der Waals surface area contributed by atoms with Gasteiger partial charge in [-0.2, -0.15) is 5.26 Å². The molecule has 1 N–H and O–H groups in total. The zero-order valence-electron chi connectivity index (χ0n) is 14.8. The van der Waals surface area contributed by atoms with Gasteiger partial charge in [0.25, 0.3) is 0 Å². The summed E-state index contributed by atoms with van der Waals surface area (Å²) in [5.74, 6) is 0.0853. The highest BCUT2D eigenvalue weighted by Gasteiger charge is 2.31. The Labute approximate surface area is 153 Å². The molecular weight excluding hydrogens is 326 g/mol. The van der Waals surface area contributed by atoms with E-state index in [1.165, 1.54) is 0 Å². The molecule has 1 aromatic heterocycles. The molecule has 4 rings (SSSR count). The SMILES string of the molecule is N#C[C@@H]1CCCN1C(=O)CN1CC[C@@H](Nc2cnc3ccccc3c2)C1. The third-order valence-corrected chi connectivity index (χ3v) is 5.31. The summed E-state index contributed by atoms with van der Waals surface area (Å²) in [4.78, 5) is 20.9. The number of nitriles is 1. The van der Waals surface area contributed by atoms with Gasteiger partial charge >= 0.3 is 0 Å². The van der Waals surface area contributed by atoms with Gasteiger partial charge in [0.15, 0.2) is 0 Å². The van der Waals surface area contributed by atoms with E-state index in [0.29, 0.717) is 12.6 Å². The van der Waals surface area contributed by atoms with Crippen molar-refractivity contribution in [1.29, 1.82) is 5.26 Å². The lowest BCUT2D eigenvalue weighted by molar-refractivity contribution is -0.132. The Morgan fingerprint density at radius 1 is 1.31 bits per heavy atom. The third-order valence-electron chi connectivity index (χ3n) is 5.31. The minimum absolute atomic E-state index is 0.0853. The van der Waals surface area contributed by atoms with Gasteiger partial charge < -0.3 is 10.2 Å². The van der Waals surface area contributed by atoms with Crippen LogP contribution >= 0.6 is 0 Å². The van der Waals surface area contributed by atoms with Gasteiger partial charge in [-0.15, -0.1) is 0 Å². The number of carbonyl (C=O) groups excluding carboxylic acids is 1. The number of anilines is 1. The standard InChI is InChI=1S/C20H23N5O/c21-11-18-5-3-8-25(18)20(26)14-24-9-7-16(13-24)23-17-10-15-4-1-2-6-19(15)22-12-17/h1-2,4,6,10,12,16,18,23H,3,5,7-9,13-14H2/t16-,18+/m1/s1. The molecule has 134 valence electrons. The number of benzene rings is 1. The molecule has 26 heavy (non-hydrogen) atoms. The fraction of sp³-hybridized carbons (Fsp3) is 0.450. The smallest absolute Gasteiger partial charge is 0.237 e. The van der Waals surface area contributed by atoms with Gasteiger partial charge in [0, 0.05) is 31.1 Å². The number of aromatic nitrogens is 1. The van der Waals surface area contributed by atoms with Crippen LogP contribution in [0.2, 0.25) is 0 Å². The van der Waals surface area contributed by atoms with Crippen LogP contribution in [-0.4, -0.2) is 59.0 Å². The molecule has 0 aliphatic carbocycles. The molecule has 2 aliphatic heterocycles. The summed E-state index contributed by atoms with van der Waals surface area (Å²) in [6.45, 7) is 2.86. The molecule has 2 aliphatic rings. The highest BCUT2D eigenvalue weighted by molar-refractivity contribution is 5.81. The number of fused-ring (bicyclic) bond motifs is 1. The monoisotopic (exact) mass is 349 g/mol. The molecule has 2 saturated heterocycles. The van der Waals surface area contributed by atoms with Crippen LogP contribution in [0.3, 0.4) is 0 Å². The summed E-state index contributed by atoms with van der Waals surface area (Å²) >= 11 is 0. The molecule has 6 nitrogen and oxygen atoms in total. The molecule has 2 fully saturated rings. The predicted molar refractivity (Wildman–Crippen MR) is 101 cm³/mol. The summed E-state index contributed by atoms with van der Waals surface area (Å²) in [5.41, 5.74) is 2.01. The Kier molecular flexibility index (Phi) is 4.72. The largest absolute Gasteiger partial charge is 0.380 e. The number of hydrogen-bond donors (Lipinski definition) is 1. The molecule has 1 aromatic carbocycles. The van der Waals surface area contributed by atoms with E-state index in [1.54, 1.807) is 4.90 Å². The van der Waals surface area contributed by atoms with Gasteiger partial charge in [-0.25, -0.2) is 0 Å². The molecule has 2 aromatic rings. The lowest BCUT2D eigenvalue weighted by Gasteiger charge is -2.23. The molecule has 2 atom stereocenters. The van der Waals surface area contributed by atoms with Gasteiger partial charge in [-0.3, -0.25) is 14.7 Å². The van der Waals surface area contributed by atoms with Crippen molar-refractivity contribution in [1.82, 2.24) is 14.8 Å². The number of carbonyl (C=O) groups is 1. The minimum atomic E-state index is -0.234. The van der Waals surface area contributed by atoms with Crippen molar-refractivity contribution >= 4 is 22.5 Å². The van der Waals surface area contributed by atoms with E-state index in [0.717, 1.165) is 55.5 Å². The molecule has 0 bridgehead atoms. The van der Waals surface area contributed by atoms with E-state index >= 15 is 0 Å². The van der Waals surface area contributed by atoms with Crippen molar-refractivity contribution in [2.45, 2.75) is 31.3 Å². The number of pyridine rings is 1. The summed E-state index contributed by atoms with van der Waals surface area (Å²) in [6.07, 6.45) is 4.62. The maximum absolute atomic E-state index is 12.5. The molecule has 0 radical (unpaired) electrons. The minimum Gasteiger partial charge on any atom is -0.380 e. The number of amides is 1. The van der Waals surface area contributed by atoms with E-state index in [4.69, 9.17) is 5.26 Å². The first kappa shape index (κ1) is 16.8. The van der Waals surface area contributed by atoms with Crippen LogP contribution in [0.4, 0.5) is 5.69 Å². The molecule has 0 unspecified atom stereocenters. The van der Waals surface area contributed by atoms with E-state index < -0.39 is 0 Å². The average molecular weight is 349 g/mol. The van der Waals surface area contributed by atoms with E-state index in [2.05, 4.69) is 33.4 Å². The van der Waals surface area contributed by atoms with Crippen molar-refractivity contribution in [2.24, 2.45) is 0 Å². The van der Waals surface area contributed by atoms with Crippen molar-refractivity contribution in [2.75, 3.05) is 31.5 Å². The second-order valence-electron chi connectivity index (χ2n) is 7.16. The average Bonchev–Trinajstić information content (AvgIpc) is 3.30. The number of likely N-dealkylation sites (tertiary alicyclic amines) is 2. The first-order valence-corrected chi connectivity index (χ1v) is 9.26. The van der Waals surface area contributed by atoms with E-state index in [9.17, 15) is 4.79 Å². The molecular formula is C20H23N5O. The van der Waals surface area contributed by atoms with Crippen LogP contribution in [0.1, 0.15) is 19.3 Å². The number of rotatable bonds is 4. The van der Waals surface area contributed by atoms with E-state index in [1.807, 2.05) is 24.4 Å². The van der Waals surface area contributed by atoms with Crippen LogP contribution in [0, 0.1) is 11.3 Å². The zero-order chi connectivity index (χ0) is 17.9. The van der Waals surface area contributed by atoms with Crippen LogP contribution in [0.15, 0.2) is 36.5 Å². The Bertz CT molecular complexity index is 845. The summed E-state index contributed by atoms with van der Waals surface area (Å²) < 4.78 is 0. The molecule has 6 heteroatoms. The summed E-state index contributed by atoms with van der Waals surface area (Å²) in [5, 5.41) is 13.8. The van der Waals surface area contributed by atoms with Crippen molar-refractivity contribution in [3.63, 3.8) is 0 Å². The Morgan fingerprint density at radius 2 is 2.19 bits per heavy atom. The van der Waals surface area contributed by atoms with Gasteiger partial charge in [-0.05, 0) is 31.4 Å². The normalized spacial score (nSPS) is 23.3. The molecule has 0 spiro atoms. The van der Waals surface area contributed by atoms with Crippen LogP contribution in [0.5, 0.6) is 0 Å². The highest BCUT2D eigenvalue weighted by atomic mass is 16.2. The lowest BCUT2D eigenvalue weighted by atomic mass is 10.2. The first-order valence-electron chi connectivity index (χ1n) is 9.26.